The molecule has 27 heavy (non-hydrogen) atoms. The van der Waals surface area contributed by atoms with E-state index >= 15 is 0 Å². The molecule has 2 saturated heterocycles. The van der Waals surface area contributed by atoms with Gasteiger partial charge in [-0.3, -0.25) is 9.59 Å². The predicted octanol–water partition coefficient (Wildman–Crippen LogP) is -3.62. The molecular formula is C14H14BrKN2O7S2. The Labute approximate surface area is 210 Å². The number of carbonyl (C=O) groups is 3. The van der Waals surface area contributed by atoms with Crippen molar-refractivity contribution in [3.8, 4) is 0 Å². The van der Waals surface area contributed by atoms with Crippen LogP contribution in [0.3, 0.4) is 0 Å². The van der Waals surface area contributed by atoms with E-state index in [0.29, 0.717) is 0 Å². The molecule has 142 valence electrons. The van der Waals surface area contributed by atoms with Gasteiger partial charge >= 0.3 is 57.4 Å². The summed E-state index contributed by atoms with van der Waals surface area (Å²) in [4.78, 5) is 40.8. The van der Waals surface area contributed by atoms with Gasteiger partial charge in [0.2, 0.25) is 5.91 Å². The van der Waals surface area contributed by atoms with Crippen LogP contribution >= 0.6 is 27.3 Å². The summed E-state index contributed by atoms with van der Waals surface area (Å²) in [5.74, 6) is -3.21. The second-order valence-electron chi connectivity index (χ2n) is 6.56. The van der Waals surface area contributed by atoms with Gasteiger partial charge in [0.05, 0.1) is 16.8 Å². The van der Waals surface area contributed by atoms with E-state index < -0.39 is 54.3 Å². The molecule has 1 aromatic heterocycles. The maximum absolute atomic E-state index is 13.0. The predicted molar refractivity (Wildman–Crippen MR) is 90.7 cm³/mol. The molecule has 13 heteroatoms. The third-order valence-corrected chi connectivity index (χ3v) is 9.89. The van der Waals surface area contributed by atoms with Crippen LogP contribution in [0.15, 0.2) is 11.6 Å². The summed E-state index contributed by atoms with van der Waals surface area (Å²) in [5, 5.41) is 11.8. The van der Waals surface area contributed by atoms with Crippen LogP contribution < -0.4 is 56.5 Å². The van der Waals surface area contributed by atoms with Crippen molar-refractivity contribution in [2.45, 2.75) is 47.4 Å². The average Bonchev–Trinajstić information content (AvgIpc) is 3.08. The maximum Gasteiger partial charge on any atom is 1.00 e. The normalized spacial score (nSPS) is 31.3. The Hall–Kier alpha value is 0.106. The Bertz CT molecular complexity index is 905. The monoisotopic (exact) mass is 504 g/mol. The van der Waals surface area contributed by atoms with Crippen LogP contribution in [0.25, 0.3) is 0 Å². The number of carboxylic acids is 1. The Morgan fingerprint density at radius 2 is 2.04 bits per heavy atom. The first kappa shape index (κ1) is 23.4. The number of β-lactam (4-membered cyclic amide) rings is 1. The van der Waals surface area contributed by atoms with Gasteiger partial charge in [0.1, 0.15) is 5.01 Å². The second-order valence-corrected chi connectivity index (χ2v) is 11.4. The number of aliphatic carboxylic acids is 1. The van der Waals surface area contributed by atoms with Gasteiger partial charge in [0.15, 0.2) is 25.6 Å². The first-order valence-corrected chi connectivity index (χ1v) is 10.6. The van der Waals surface area contributed by atoms with E-state index in [0.717, 1.165) is 23.2 Å². The van der Waals surface area contributed by atoms with Gasteiger partial charge in [-0.1, -0.05) is 15.9 Å². The second kappa shape index (κ2) is 7.42. The number of hydrogen-bond acceptors (Lipinski definition) is 9. The molecular weight excluding hydrogens is 491 g/mol. The van der Waals surface area contributed by atoms with Crippen molar-refractivity contribution in [2.24, 2.45) is 0 Å². The SMILES string of the molecule is CC(=O)OC(c1nccs1)[C@]1(Br)C(=O)N2[C@@H](C(=O)[O-])C(C)(C)S(=O)(=O)[C@@H]21.[K+]. The molecule has 0 bridgehead atoms. The van der Waals surface area contributed by atoms with Gasteiger partial charge < -0.3 is 19.5 Å². The molecule has 0 aliphatic carbocycles. The van der Waals surface area contributed by atoms with E-state index in [1.165, 1.54) is 20.0 Å². The summed E-state index contributed by atoms with van der Waals surface area (Å²) in [5.41, 5.74) is 0. The van der Waals surface area contributed by atoms with E-state index in [1.807, 2.05) is 0 Å². The Morgan fingerprint density at radius 1 is 1.44 bits per heavy atom. The zero-order chi connectivity index (χ0) is 19.7. The number of carbonyl (C=O) groups excluding carboxylic acids is 3. The van der Waals surface area contributed by atoms with Crippen LogP contribution in [0.5, 0.6) is 0 Å². The fraction of sp³-hybridized carbons (Fsp3) is 0.571. The van der Waals surface area contributed by atoms with Crippen molar-refractivity contribution in [1.29, 1.82) is 0 Å². The summed E-state index contributed by atoms with van der Waals surface area (Å²) >= 11 is 4.25. The van der Waals surface area contributed by atoms with Crippen molar-refractivity contribution < 1.29 is 84.0 Å². The summed E-state index contributed by atoms with van der Waals surface area (Å²) in [7, 11) is -4.15. The van der Waals surface area contributed by atoms with Crippen molar-refractivity contribution >= 4 is 54.9 Å². The molecule has 3 heterocycles. The minimum absolute atomic E-state index is 0. The van der Waals surface area contributed by atoms with Crippen molar-refractivity contribution in [3.63, 3.8) is 0 Å². The molecule has 3 rings (SSSR count). The number of halogens is 1. The molecule has 2 aliphatic rings. The summed E-state index contributed by atoms with van der Waals surface area (Å²) in [6, 6.07) is -1.65. The molecule has 0 radical (unpaired) electrons. The third kappa shape index (κ3) is 3.09. The number of alkyl halides is 1. The summed E-state index contributed by atoms with van der Waals surface area (Å²) in [6.07, 6.45) is 0.102. The van der Waals surface area contributed by atoms with E-state index in [1.54, 1.807) is 5.38 Å². The summed E-state index contributed by atoms with van der Waals surface area (Å²) in [6.45, 7) is 3.58. The van der Waals surface area contributed by atoms with Crippen LogP contribution in [-0.2, 0) is 29.0 Å². The quantitative estimate of drug-likeness (QED) is 0.177. The molecule has 1 unspecified atom stereocenters. The number of rotatable bonds is 4. The molecule has 0 aromatic carbocycles. The Kier molecular flexibility index (Phi) is 6.42. The van der Waals surface area contributed by atoms with Gasteiger partial charge in [-0.15, -0.1) is 11.3 Å². The minimum Gasteiger partial charge on any atom is -0.548 e. The number of carboxylic acid groups (broad SMARTS) is 1. The molecule has 0 spiro atoms. The standard InChI is InChI=1S/C14H15BrN2O7S2.K/c1-6(18)24-8(9-16-4-5-25-9)14(15)11(21)17-7(10(19)20)13(2,3)26(22,23)12(14)17;/h4-5,7-8,12H,1-3H3,(H,19,20);/q;+1/p-1/t7-,8?,12+,14-;/m0./s1. The topological polar surface area (TPSA) is 134 Å². The van der Waals surface area contributed by atoms with E-state index in [2.05, 4.69) is 20.9 Å². The van der Waals surface area contributed by atoms with Crippen molar-refractivity contribution in [3.05, 3.63) is 16.6 Å². The molecule has 0 N–H and O–H groups in total. The number of esters is 1. The zero-order valence-corrected chi connectivity index (χ0v) is 21.2. The van der Waals surface area contributed by atoms with Gasteiger partial charge in [-0.05, 0) is 13.8 Å². The van der Waals surface area contributed by atoms with Crippen molar-refractivity contribution in [2.75, 3.05) is 0 Å². The molecule has 9 nitrogen and oxygen atoms in total. The van der Waals surface area contributed by atoms with Crippen LogP contribution in [0.1, 0.15) is 31.9 Å². The largest absolute Gasteiger partial charge is 1.00 e. The Balaban J connectivity index is 0.00000261. The molecule has 1 aromatic rings. The zero-order valence-electron chi connectivity index (χ0n) is 14.8. The van der Waals surface area contributed by atoms with E-state index in [9.17, 15) is 27.9 Å². The molecule has 0 saturated carbocycles. The molecule has 4 atom stereocenters. The number of aromatic nitrogens is 1. The summed E-state index contributed by atoms with van der Waals surface area (Å²) < 4.78 is 27.7. The maximum atomic E-state index is 13.0. The van der Waals surface area contributed by atoms with Crippen LogP contribution in [0.4, 0.5) is 0 Å². The fourth-order valence-electron chi connectivity index (χ4n) is 3.44. The smallest absolute Gasteiger partial charge is 0.548 e. The molecule has 1 amide bonds. The average molecular weight is 505 g/mol. The van der Waals surface area contributed by atoms with Gasteiger partial charge in [-0.25, -0.2) is 13.4 Å². The number of fused-ring (bicyclic) bond motifs is 1. The number of sulfone groups is 1. The molecule has 2 aliphatic heterocycles. The van der Waals surface area contributed by atoms with Crippen LogP contribution in [0, 0.1) is 0 Å². The number of hydrogen-bond donors (Lipinski definition) is 0. The van der Waals surface area contributed by atoms with Crippen molar-refractivity contribution in [1.82, 2.24) is 9.88 Å². The fourth-order valence-corrected chi connectivity index (χ4v) is 8.09. The number of nitrogens with zero attached hydrogens (tertiary/aromatic N) is 2. The molecule has 2 fully saturated rings. The van der Waals surface area contributed by atoms with E-state index in [-0.39, 0.29) is 56.4 Å². The van der Waals surface area contributed by atoms with Gasteiger partial charge in [0.25, 0.3) is 0 Å². The third-order valence-electron chi connectivity index (χ3n) is 4.70. The van der Waals surface area contributed by atoms with Crippen LogP contribution in [-0.4, -0.2) is 56.6 Å². The number of amides is 1. The van der Waals surface area contributed by atoms with Gasteiger partial charge in [0, 0.05) is 18.5 Å². The van der Waals surface area contributed by atoms with Gasteiger partial charge in [-0.2, -0.15) is 0 Å². The Morgan fingerprint density at radius 3 is 2.48 bits per heavy atom. The van der Waals surface area contributed by atoms with Crippen LogP contribution in [0.2, 0.25) is 0 Å². The minimum atomic E-state index is -4.15. The number of thiazole rings is 1. The first-order valence-electron chi connectivity index (χ1n) is 7.41. The van der Waals surface area contributed by atoms with E-state index in [4.69, 9.17) is 4.74 Å². The number of ether oxygens (including phenoxy) is 1. The first-order chi connectivity index (χ1) is 11.9.